The summed E-state index contributed by atoms with van der Waals surface area (Å²) in [5.74, 6) is -1.22. The average Bonchev–Trinajstić information content (AvgIpc) is 2.53. The van der Waals surface area contributed by atoms with Crippen LogP contribution in [0, 0.1) is 11.3 Å². The lowest BCUT2D eigenvalue weighted by Crippen LogP contribution is -2.34. The number of carbonyl (C=O) groups excluding carboxylic acids is 1. The molecular formula is C16H14N3O2-. The minimum atomic E-state index is -1.22. The lowest BCUT2D eigenvalue weighted by atomic mass is 10.1. The molecule has 2 rings (SSSR count). The summed E-state index contributed by atoms with van der Waals surface area (Å²) in [6.07, 6.45) is 0. The summed E-state index contributed by atoms with van der Waals surface area (Å²) < 4.78 is 0. The number of carboxylic acid groups (broad SMARTS) is 1. The van der Waals surface area contributed by atoms with Crippen LogP contribution in [0.2, 0.25) is 0 Å². The number of hydrogen-bond acceptors (Lipinski definition) is 5. The van der Waals surface area contributed by atoms with E-state index in [0.717, 1.165) is 5.69 Å². The molecule has 21 heavy (non-hydrogen) atoms. The van der Waals surface area contributed by atoms with Crippen LogP contribution in [0.3, 0.4) is 0 Å². The normalized spacial score (nSPS) is 11.2. The fourth-order valence-corrected chi connectivity index (χ4v) is 1.96. The third kappa shape index (κ3) is 3.51. The molecule has 5 nitrogen and oxygen atoms in total. The van der Waals surface area contributed by atoms with Crippen molar-refractivity contribution in [2.24, 2.45) is 0 Å². The van der Waals surface area contributed by atoms with Crippen molar-refractivity contribution in [3.05, 3.63) is 59.7 Å². The van der Waals surface area contributed by atoms with E-state index >= 15 is 0 Å². The first-order valence-corrected chi connectivity index (χ1v) is 6.39. The maximum Gasteiger partial charge on any atom is 0.0991 e. The zero-order valence-corrected chi connectivity index (χ0v) is 11.5. The number of rotatable bonds is 5. The minimum absolute atomic E-state index is 0.516. The molecule has 2 aromatic rings. The van der Waals surface area contributed by atoms with Crippen LogP contribution >= 0.6 is 0 Å². The van der Waals surface area contributed by atoms with Crippen LogP contribution in [0.5, 0.6) is 0 Å². The molecular weight excluding hydrogens is 266 g/mol. The highest BCUT2D eigenvalue weighted by atomic mass is 16.4. The Kier molecular flexibility index (Phi) is 4.42. The standard InChI is InChI=1S/C16H15N3O2/c1-18-14-4-2-3-12(9-14)15(16(20)21)19-13-7-5-11(10-17)6-8-13/h2-9,15,18-19H,1H3,(H,20,21)/p-1. The smallest absolute Gasteiger partial charge is 0.0991 e. The van der Waals surface area contributed by atoms with Crippen LogP contribution in [-0.4, -0.2) is 13.0 Å². The van der Waals surface area contributed by atoms with Gasteiger partial charge in [-0.25, -0.2) is 0 Å². The summed E-state index contributed by atoms with van der Waals surface area (Å²) in [4.78, 5) is 11.4. The molecule has 0 saturated heterocycles. The molecule has 0 heterocycles. The predicted octanol–water partition coefficient (Wildman–Crippen LogP) is 1.50. The molecule has 0 bridgehead atoms. The van der Waals surface area contributed by atoms with E-state index in [-0.39, 0.29) is 0 Å². The number of nitrogens with zero attached hydrogens (tertiary/aromatic N) is 1. The first-order chi connectivity index (χ1) is 10.1. The van der Waals surface area contributed by atoms with E-state index < -0.39 is 12.0 Å². The van der Waals surface area contributed by atoms with Gasteiger partial charge in [0.05, 0.1) is 23.6 Å². The molecule has 1 atom stereocenters. The summed E-state index contributed by atoms with van der Waals surface area (Å²) >= 11 is 0. The maximum atomic E-state index is 11.4. The largest absolute Gasteiger partial charge is 0.548 e. The highest BCUT2D eigenvalue weighted by Gasteiger charge is 2.13. The second-order valence-electron chi connectivity index (χ2n) is 4.46. The number of carboxylic acids is 1. The van der Waals surface area contributed by atoms with Gasteiger partial charge in [-0.3, -0.25) is 0 Å². The number of nitriles is 1. The molecule has 2 aromatic carbocycles. The van der Waals surface area contributed by atoms with Crippen LogP contribution in [0.1, 0.15) is 17.2 Å². The van der Waals surface area contributed by atoms with Crippen molar-refractivity contribution in [2.75, 3.05) is 17.7 Å². The van der Waals surface area contributed by atoms with E-state index in [0.29, 0.717) is 16.8 Å². The van der Waals surface area contributed by atoms with Crippen molar-refractivity contribution in [2.45, 2.75) is 6.04 Å². The molecule has 0 aliphatic carbocycles. The summed E-state index contributed by atoms with van der Waals surface area (Å²) in [6, 6.07) is 14.7. The number of hydrogen-bond donors (Lipinski definition) is 2. The van der Waals surface area contributed by atoms with Gasteiger partial charge in [0.15, 0.2) is 0 Å². The van der Waals surface area contributed by atoms with E-state index in [2.05, 4.69) is 10.6 Å². The number of anilines is 2. The third-order valence-electron chi connectivity index (χ3n) is 3.07. The second-order valence-corrected chi connectivity index (χ2v) is 4.46. The quantitative estimate of drug-likeness (QED) is 0.866. The predicted molar refractivity (Wildman–Crippen MR) is 78.5 cm³/mol. The van der Waals surface area contributed by atoms with Crippen LogP contribution < -0.4 is 15.7 Å². The fraction of sp³-hybridized carbons (Fsp3) is 0.125. The fourth-order valence-electron chi connectivity index (χ4n) is 1.96. The molecule has 0 aromatic heterocycles. The molecule has 1 unspecified atom stereocenters. The van der Waals surface area contributed by atoms with Crippen LogP contribution in [0.4, 0.5) is 11.4 Å². The Morgan fingerprint density at radius 1 is 1.19 bits per heavy atom. The van der Waals surface area contributed by atoms with Crippen LogP contribution in [-0.2, 0) is 4.79 Å². The van der Waals surface area contributed by atoms with E-state index in [1.165, 1.54) is 0 Å². The molecule has 0 amide bonds. The van der Waals surface area contributed by atoms with E-state index in [4.69, 9.17) is 5.26 Å². The maximum absolute atomic E-state index is 11.4. The highest BCUT2D eigenvalue weighted by molar-refractivity contribution is 5.78. The lowest BCUT2D eigenvalue weighted by molar-refractivity contribution is -0.307. The highest BCUT2D eigenvalue weighted by Crippen LogP contribution is 2.22. The number of carbonyl (C=O) groups is 1. The summed E-state index contributed by atoms with van der Waals surface area (Å²) in [5.41, 5.74) is 2.53. The van der Waals surface area contributed by atoms with Crippen LogP contribution in [0.15, 0.2) is 48.5 Å². The molecule has 106 valence electrons. The topological polar surface area (TPSA) is 88.0 Å². The van der Waals surface area contributed by atoms with Gasteiger partial charge in [0.2, 0.25) is 0 Å². The molecule has 0 aliphatic heterocycles. The van der Waals surface area contributed by atoms with Crippen molar-refractivity contribution in [3.63, 3.8) is 0 Å². The summed E-state index contributed by atoms with van der Waals surface area (Å²) in [5, 5.41) is 26.0. The molecule has 0 spiro atoms. The average molecular weight is 280 g/mol. The van der Waals surface area contributed by atoms with Crippen molar-refractivity contribution in [1.29, 1.82) is 5.26 Å². The van der Waals surface area contributed by atoms with Gasteiger partial charge in [-0.05, 0) is 42.0 Å². The van der Waals surface area contributed by atoms with Crippen LogP contribution in [0.25, 0.3) is 0 Å². The van der Waals surface area contributed by atoms with Gasteiger partial charge in [-0.15, -0.1) is 0 Å². The summed E-state index contributed by atoms with van der Waals surface area (Å²) in [7, 11) is 1.77. The molecule has 0 saturated carbocycles. The monoisotopic (exact) mass is 280 g/mol. The van der Waals surface area contributed by atoms with Gasteiger partial charge in [0.1, 0.15) is 0 Å². The van der Waals surface area contributed by atoms with E-state index in [9.17, 15) is 9.90 Å². The first kappa shape index (κ1) is 14.4. The third-order valence-corrected chi connectivity index (χ3v) is 3.07. The summed E-state index contributed by atoms with van der Waals surface area (Å²) in [6.45, 7) is 0. The van der Waals surface area contributed by atoms with Gasteiger partial charge in [-0.1, -0.05) is 12.1 Å². The SMILES string of the molecule is CNc1cccc(C(Nc2ccc(C#N)cc2)C(=O)[O-])c1. The van der Waals surface area contributed by atoms with Crippen molar-refractivity contribution < 1.29 is 9.90 Å². The van der Waals surface area contributed by atoms with Crippen molar-refractivity contribution in [1.82, 2.24) is 0 Å². The molecule has 5 heteroatoms. The molecule has 0 aliphatic rings. The number of nitrogens with one attached hydrogen (secondary N) is 2. The van der Waals surface area contributed by atoms with Gasteiger partial charge in [-0.2, -0.15) is 5.26 Å². The van der Waals surface area contributed by atoms with Gasteiger partial charge in [0.25, 0.3) is 0 Å². The van der Waals surface area contributed by atoms with Gasteiger partial charge < -0.3 is 20.5 Å². The Morgan fingerprint density at radius 2 is 1.90 bits per heavy atom. The van der Waals surface area contributed by atoms with Crippen molar-refractivity contribution in [3.8, 4) is 6.07 Å². The zero-order chi connectivity index (χ0) is 15.2. The Morgan fingerprint density at radius 3 is 2.48 bits per heavy atom. The number of aliphatic carboxylic acids is 1. The molecule has 2 N–H and O–H groups in total. The van der Waals surface area contributed by atoms with E-state index in [1.54, 1.807) is 49.5 Å². The number of benzene rings is 2. The van der Waals surface area contributed by atoms with Crippen molar-refractivity contribution >= 4 is 17.3 Å². The Bertz CT molecular complexity index is 675. The van der Waals surface area contributed by atoms with Gasteiger partial charge >= 0.3 is 0 Å². The second kappa shape index (κ2) is 6.44. The minimum Gasteiger partial charge on any atom is -0.548 e. The Labute approximate surface area is 122 Å². The van der Waals surface area contributed by atoms with E-state index in [1.807, 2.05) is 12.1 Å². The molecule has 0 fully saturated rings. The lowest BCUT2D eigenvalue weighted by Gasteiger charge is -2.22. The Hall–Kier alpha value is -3.00. The zero-order valence-electron chi connectivity index (χ0n) is 11.5. The first-order valence-electron chi connectivity index (χ1n) is 6.39. The molecule has 0 radical (unpaired) electrons. The van der Waals surface area contributed by atoms with Gasteiger partial charge in [0, 0.05) is 18.4 Å². The Balaban J connectivity index is 2.26.